The number of carbonyl (C=O) groups excluding carboxylic acids is 1. The molecule has 0 fully saturated rings. The Balaban J connectivity index is 1.72. The van der Waals surface area contributed by atoms with Gasteiger partial charge in [-0.05, 0) is 59.5 Å². The first-order chi connectivity index (χ1) is 13.6. The van der Waals surface area contributed by atoms with Crippen molar-refractivity contribution in [3.8, 4) is 5.75 Å². The molecule has 0 bridgehead atoms. The first-order valence-electron chi connectivity index (χ1n) is 8.26. The van der Waals surface area contributed by atoms with Gasteiger partial charge in [-0.3, -0.25) is 4.79 Å². The zero-order valence-corrected chi connectivity index (χ0v) is 16.3. The van der Waals surface area contributed by atoms with Gasteiger partial charge in [0.15, 0.2) is 0 Å². The summed E-state index contributed by atoms with van der Waals surface area (Å²) < 4.78 is 19.3. The molecule has 0 aliphatic rings. The number of carbonyl (C=O) groups is 1. The second-order valence-corrected chi connectivity index (χ2v) is 7.68. The molecule has 4 aromatic rings. The topological polar surface area (TPSA) is 54.8 Å². The number of thiophene rings is 1. The van der Waals surface area contributed by atoms with E-state index in [1.165, 1.54) is 39.8 Å². The highest BCUT2D eigenvalue weighted by Gasteiger charge is 2.21. The maximum Gasteiger partial charge on any atom is 0.290 e. The van der Waals surface area contributed by atoms with Crippen molar-refractivity contribution in [3.63, 3.8) is 0 Å². The molecule has 8 heteroatoms. The summed E-state index contributed by atoms with van der Waals surface area (Å²) in [6.45, 7) is 0. The van der Waals surface area contributed by atoms with Gasteiger partial charge in [0.1, 0.15) is 11.6 Å². The van der Waals surface area contributed by atoms with Gasteiger partial charge in [-0.25, -0.2) is 9.37 Å². The molecule has 0 atom stereocenters. The van der Waals surface area contributed by atoms with E-state index in [-0.39, 0.29) is 11.7 Å². The van der Waals surface area contributed by atoms with E-state index in [1.807, 2.05) is 29.6 Å². The quantitative estimate of drug-likeness (QED) is 0.336. The second-order valence-electron chi connectivity index (χ2n) is 5.72. The summed E-state index contributed by atoms with van der Waals surface area (Å²) in [5, 5.41) is 7.82. The molecule has 0 spiro atoms. The molecule has 2 heterocycles. The van der Waals surface area contributed by atoms with Gasteiger partial charge in [0.2, 0.25) is 5.13 Å². The van der Waals surface area contributed by atoms with Crippen LogP contribution in [0.1, 0.15) is 15.2 Å². The largest absolute Gasteiger partial charge is 0.497 e. The summed E-state index contributed by atoms with van der Waals surface area (Å²) in [5.41, 5.74) is 1.42. The third-order valence-electron chi connectivity index (χ3n) is 3.88. The average Bonchev–Trinajstić information content (AvgIpc) is 3.38. The number of anilines is 1. The number of fused-ring (bicyclic) bond motifs is 1. The third kappa shape index (κ3) is 3.78. The van der Waals surface area contributed by atoms with Gasteiger partial charge < -0.3 is 4.74 Å². The molecule has 140 valence electrons. The molecule has 4 rings (SSSR count). The molecule has 1 amide bonds. The molecule has 2 aromatic heterocycles. The van der Waals surface area contributed by atoms with Gasteiger partial charge in [0.05, 0.1) is 28.4 Å². The minimum atomic E-state index is -0.347. The number of hydrogen-bond acceptors (Lipinski definition) is 6. The van der Waals surface area contributed by atoms with Crippen molar-refractivity contribution in [1.29, 1.82) is 0 Å². The Morgan fingerprint density at radius 2 is 2.04 bits per heavy atom. The molecule has 2 aromatic carbocycles. The zero-order chi connectivity index (χ0) is 19.5. The summed E-state index contributed by atoms with van der Waals surface area (Å²) in [7, 11) is 1.60. The van der Waals surface area contributed by atoms with E-state index < -0.39 is 0 Å². The lowest BCUT2D eigenvalue weighted by atomic mass is 10.2. The number of amides is 1. The Hall–Kier alpha value is -3.10. The second kappa shape index (κ2) is 7.87. The van der Waals surface area contributed by atoms with Crippen molar-refractivity contribution in [2.45, 2.75) is 0 Å². The molecule has 0 saturated carbocycles. The molecule has 0 radical (unpaired) electrons. The lowest BCUT2D eigenvalue weighted by Crippen LogP contribution is -2.24. The fourth-order valence-electron chi connectivity index (χ4n) is 2.48. The molecule has 28 heavy (non-hydrogen) atoms. The number of aromatic nitrogens is 1. The van der Waals surface area contributed by atoms with Crippen LogP contribution in [-0.2, 0) is 0 Å². The van der Waals surface area contributed by atoms with Crippen LogP contribution in [0.15, 0.2) is 65.1 Å². The lowest BCUT2D eigenvalue weighted by molar-refractivity contribution is 0.0991. The van der Waals surface area contributed by atoms with Gasteiger partial charge in [-0.2, -0.15) is 10.1 Å². The summed E-state index contributed by atoms with van der Waals surface area (Å²) in [6, 6.07) is 15.2. The standard InChI is InChI=1S/C20H14FN3O2S2/c1-26-15-7-4-13(5-8-15)12-22-24(19(25)17-3-2-10-27-17)20-23-16-9-6-14(21)11-18(16)28-20/h2-12H,1H3/b22-12-. The minimum Gasteiger partial charge on any atom is -0.497 e. The molecule has 0 unspecified atom stereocenters. The van der Waals surface area contributed by atoms with Gasteiger partial charge in [0.25, 0.3) is 5.91 Å². The predicted molar refractivity (Wildman–Crippen MR) is 111 cm³/mol. The van der Waals surface area contributed by atoms with E-state index in [1.54, 1.807) is 31.5 Å². The van der Waals surface area contributed by atoms with Crippen molar-refractivity contribution >= 4 is 50.1 Å². The van der Waals surface area contributed by atoms with Crippen molar-refractivity contribution in [2.24, 2.45) is 5.10 Å². The number of thiazole rings is 1. The predicted octanol–water partition coefficient (Wildman–Crippen LogP) is 5.19. The van der Waals surface area contributed by atoms with Crippen LogP contribution in [0, 0.1) is 5.82 Å². The highest BCUT2D eigenvalue weighted by atomic mass is 32.1. The van der Waals surface area contributed by atoms with Crippen molar-refractivity contribution < 1.29 is 13.9 Å². The molecule has 0 aliphatic heterocycles. The molecule has 0 saturated heterocycles. The van der Waals surface area contributed by atoms with E-state index in [2.05, 4.69) is 10.1 Å². The zero-order valence-electron chi connectivity index (χ0n) is 14.7. The Bertz CT molecular complexity index is 1140. The Kier molecular flexibility index (Phi) is 5.14. The smallest absolute Gasteiger partial charge is 0.290 e. The number of benzene rings is 2. The van der Waals surface area contributed by atoms with E-state index in [9.17, 15) is 9.18 Å². The Morgan fingerprint density at radius 3 is 2.75 bits per heavy atom. The Morgan fingerprint density at radius 1 is 1.21 bits per heavy atom. The minimum absolute atomic E-state index is 0.292. The third-order valence-corrected chi connectivity index (χ3v) is 5.73. The van der Waals surface area contributed by atoms with Crippen LogP contribution in [0.5, 0.6) is 5.75 Å². The maximum absolute atomic E-state index is 13.5. The molecule has 0 N–H and O–H groups in total. The fraction of sp³-hybridized carbons (Fsp3) is 0.0500. The monoisotopic (exact) mass is 411 g/mol. The Labute approximate surface area is 168 Å². The highest BCUT2D eigenvalue weighted by molar-refractivity contribution is 7.22. The van der Waals surface area contributed by atoms with Crippen LogP contribution >= 0.6 is 22.7 Å². The van der Waals surface area contributed by atoms with E-state index in [0.29, 0.717) is 20.2 Å². The van der Waals surface area contributed by atoms with E-state index >= 15 is 0 Å². The number of methoxy groups -OCH3 is 1. The number of ether oxygens (including phenoxy) is 1. The van der Waals surface area contributed by atoms with Crippen LogP contribution < -0.4 is 9.75 Å². The summed E-state index contributed by atoms with van der Waals surface area (Å²) in [4.78, 5) is 18.0. The van der Waals surface area contributed by atoms with Gasteiger partial charge in [-0.15, -0.1) is 11.3 Å². The lowest BCUT2D eigenvalue weighted by Gasteiger charge is -2.12. The van der Waals surface area contributed by atoms with Gasteiger partial charge >= 0.3 is 0 Å². The first kappa shape index (κ1) is 18.3. The first-order valence-corrected chi connectivity index (χ1v) is 9.96. The van der Waals surface area contributed by atoms with Crippen molar-refractivity contribution in [3.05, 3.63) is 76.2 Å². The average molecular weight is 411 g/mol. The van der Waals surface area contributed by atoms with Crippen LogP contribution in [0.2, 0.25) is 0 Å². The van der Waals surface area contributed by atoms with Crippen LogP contribution in [-0.4, -0.2) is 24.2 Å². The van der Waals surface area contributed by atoms with Crippen LogP contribution in [0.25, 0.3) is 10.2 Å². The number of rotatable bonds is 5. The van der Waals surface area contributed by atoms with Crippen molar-refractivity contribution in [1.82, 2.24) is 4.98 Å². The van der Waals surface area contributed by atoms with Crippen LogP contribution in [0.3, 0.4) is 0 Å². The molecule has 0 aliphatic carbocycles. The number of hydrogen-bond donors (Lipinski definition) is 0. The normalized spacial score (nSPS) is 11.2. The number of halogens is 1. The SMILES string of the molecule is COc1ccc(/C=N\N(C(=O)c2cccs2)c2nc3ccc(F)cc3s2)cc1. The van der Waals surface area contributed by atoms with E-state index in [4.69, 9.17) is 4.74 Å². The fourth-order valence-corrected chi connectivity index (χ4v) is 4.08. The number of nitrogens with zero attached hydrogens (tertiary/aromatic N) is 3. The van der Waals surface area contributed by atoms with E-state index in [0.717, 1.165) is 11.3 Å². The van der Waals surface area contributed by atoms with Gasteiger partial charge in [-0.1, -0.05) is 17.4 Å². The maximum atomic E-state index is 13.5. The number of hydrazone groups is 1. The van der Waals surface area contributed by atoms with Crippen molar-refractivity contribution in [2.75, 3.05) is 12.1 Å². The molecular formula is C20H14FN3O2S2. The summed E-state index contributed by atoms with van der Waals surface area (Å²) in [5.74, 6) is 0.0942. The van der Waals surface area contributed by atoms with Crippen LogP contribution in [0.4, 0.5) is 9.52 Å². The molecule has 5 nitrogen and oxygen atoms in total. The molecular weight excluding hydrogens is 397 g/mol. The summed E-state index contributed by atoms with van der Waals surface area (Å²) in [6.07, 6.45) is 1.58. The van der Waals surface area contributed by atoms with Gasteiger partial charge in [0, 0.05) is 0 Å². The summed E-state index contributed by atoms with van der Waals surface area (Å²) >= 11 is 2.54. The highest BCUT2D eigenvalue weighted by Crippen LogP contribution is 2.31.